The molecule has 0 bridgehead atoms. The Hall–Kier alpha value is -1.71. The van der Waals surface area contributed by atoms with Crippen molar-refractivity contribution in [3.05, 3.63) is 17.7 Å². The molecule has 17 heavy (non-hydrogen) atoms. The van der Waals surface area contributed by atoms with Crippen molar-refractivity contribution in [1.29, 1.82) is 0 Å². The van der Waals surface area contributed by atoms with Crippen molar-refractivity contribution < 1.29 is 9.53 Å². The van der Waals surface area contributed by atoms with E-state index in [-0.39, 0.29) is 5.91 Å². The van der Waals surface area contributed by atoms with Crippen LogP contribution in [0.2, 0.25) is 0 Å². The topological polar surface area (TPSA) is 64.3 Å². The van der Waals surface area contributed by atoms with Crippen LogP contribution >= 0.6 is 0 Å². The number of nitrogens with one attached hydrogen (secondary N) is 1. The van der Waals surface area contributed by atoms with Crippen LogP contribution in [0.5, 0.6) is 5.75 Å². The average Bonchev–Trinajstić information content (AvgIpc) is 2.37. The minimum atomic E-state index is -0.544. The number of nitrogens with two attached hydrogens (primary N) is 1. The molecular weight excluding hydrogens is 216 g/mol. The Morgan fingerprint density at radius 3 is 2.82 bits per heavy atom. The number of anilines is 2. The Labute approximate surface area is 101 Å². The summed E-state index contributed by atoms with van der Waals surface area (Å²) in [5, 5.41) is 2.88. The summed E-state index contributed by atoms with van der Waals surface area (Å²) in [6, 6.07) is 3.81. The van der Waals surface area contributed by atoms with Gasteiger partial charge in [-0.15, -0.1) is 0 Å². The minimum Gasteiger partial charge on any atom is -0.488 e. The third-order valence-corrected chi connectivity index (χ3v) is 3.03. The molecular formula is C13H18N2O2. The number of carbonyl (C=O) groups excluding carboxylic acids is 1. The van der Waals surface area contributed by atoms with Crippen LogP contribution in [0.3, 0.4) is 0 Å². The van der Waals surface area contributed by atoms with Crippen molar-refractivity contribution in [2.24, 2.45) is 5.41 Å². The Kier molecular flexibility index (Phi) is 2.73. The molecule has 1 aromatic rings. The number of hydrogen-bond donors (Lipinski definition) is 2. The first-order valence-corrected chi connectivity index (χ1v) is 5.80. The molecule has 92 valence electrons. The Balaban J connectivity index is 2.47. The van der Waals surface area contributed by atoms with Gasteiger partial charge in [0, 0.05) is 0 Å². The molecule has 2 rings (SSSR count). The van der Waals surface area contributed by atoms with E-state index in [1.807, 2.05) is 32.9 Å². The molecule has 4 heteroatoms. The molecule has 1 amide bonds. The maximum Gasteiger partial charge on any atom is 0.233 e. The van der Waals surface area contributed by atoms with E-state index in [2.05, 4.69) is 5.32 Å². The number of aryl methyl sites for hydroxylation is 1. The molecule has 0 aliphatic carbocycles. The van der Waals surface area contributed by atoms with Crippen molar-refractivity contribution in [1.82, 2.24) is 0 Å². The summed E-state index contributed by atoms with van der Waals surface area (Å²) in [4.78, 5) is 12.0. The van der Waals surface area contributed by atoms with Crippen LogP contribution in [0.1, 0.15) is 26.3 Å². The quantitative estimate of drug-likeness (QED) is 0.732. The molecule has 1 heterocycles. The number of nitrogen functional groups attached to an aromatic ring is 1. The predicted octanol–water partition coefficient (Wildman–Crippen LogP) is 2.19. The van der Waals surface area contributed by atoms with Crippen molar-refractivity contribution in [2.75, 3.05) is 17.7 Å². The lowest BCUT2D eigenvalue weighted by atomic mass is 9.94. The van der Waals surface area contributed by atoms with Gasteiger partial charge in [-0.3, -0.25) is 4.79 Å². The zero-order valence-corrected chi connectivity index (χ0v) is 10.5. The van der Waals surface area contributed by atoms with Gasteiger partial charge in [0.15, 0.2) is 5.75 Å². The Morgan fingerprint density at radius 1 is 1.47 bits per heavy atom. The van der Waals surface area contributed by atoms with Gasteiger partial charge in [0.25, 0.3) is 0 Å². The predicted molar refractivity (Wildman–Crippen MR) is 68.1 cm³/mol. The fourth-order valence-electron chi connectivity index (χ4n) is 1.78. The summed E-state index contributed by atoms with van der Waals surface area (Å²) >= 11 is 0. The zero-order valence-electron chi connectivity index (χ0n) is 10.5. The molecule has 0 unspecified atom stereocenters. The van der Waals surface area contributed by atoms with Crippen LogP contribution in [-0.2, 0) is 11.2 Å². The van der Waals surface area contributed by atoms with Crippen molar-refractivity contribution in [3.8, 4) is 5.75 Å². The second kappa shape index (κ2) is 3.95. The van der Waals surface area contributed by atoms with Crippen LogP contribution in [0.4, 0.5) is 11.4 Å². The lowest BCUT2D eigenvalue weighted by molar-refractivity contribution is -0.124. The van der Waals surface area contributed by atoms with Gasteiger partial charge in [-0.05, 0) is 38.0 Å². The second-order valence-electron chi connectivity index (χ2n) is 5.04. The van der Waals surface area contributed by atoms with E-state index < -0.39 is 5.41 Å². The van der Waals surface area contributed by atoms with Gasteiger partial charge in [0.05, 0.1) is 16.8 Å². The summed E-state index contributed by atoms with van der Waals surface area (Å²) in [5.74, 6) is 0.546. The molecule has 1 aromatic carbocycles. The van der Waals surface area contributed by atoms with Gasteiger partial charge < -0.3 is 15.8 Å². The third kappa shape index (κ3) is 2.07. The summed E-state index contributed by atoms with van der Waals surface area (Å²) in [6.45, 7) is 6.09. The summed E-state index contributed by atoms with van der Waals surface area (Å²) in [6.07, 6.45) is 0.872. The summed E-state index contributed by atoms with van der Waals surface area (Å²) < 4.78 is 5.66. The minimum absolute atomic E-state index is 0.0381. The number of rotatable bonds is 1. The number of carbonyl (C=O) groups is 1. The second-order valence-corrected chi connectivity index (χ2v) is 5.04. The number of ether oxygens (including phenoxy) is 1. The van der Waals surface area contributed by atoms with Crippen molar-refractivity contribution >= 4 is 17.3 Å². The van der Waals surface area contributed by atoms with Crippen LogP contribution in [0.25, 0.3) is 0 Å². The van der Waals surface area contributed by atoms with E-state index in [0.29, 0.717) is 23.7 Å². The lowest BCUT2D eigenvalue weighted by Gasteiger charge is -2.18. The number of benzene rings is 1. The zero-order chi connectivity index (χ0) is 12.6. The number of fused-ring (bicyclic) bond motifs is 1. The van der Waals surface area contributed by atoms with Gasteiger partial charge in [-0.2, -0.15) is 0 Å². The highest BCUT2D eigenvalue weighted by molar-refractivity contribution is 5.98. The van der Waals surface area contributed by atoms with E-state index in [1.54, 1.807) is 0 Å². The van der Waals surface area contributed by atoms with Crippen LogP contribution in [0.15, 0.2) is 12.1 Å². The molecule has 0 atom stereocenters. The van der Waals surface area contributed by atoms with E-state index >= 15 is 0 Å². The van der Waals surface area contributed by atoms with Gasteiger partial charge in [-0.1, -0.05) is 6.92 Å². The number of amides is 1. The van der Waals surface area contributed by atoms with Gasteiger partial charge >= 0.3 is 0 Å². The molecule has 0 saturated heterocycles. The summed E-state index contributed by atoms with van der Waals surface area (Å²) in [7, 11) is 0. The largest absolute Gasteiger partial charge is 0.488 e. The normalized spacial score (nSPS) is 17.7. The highest BCUT2D eigenvalue weighted by Crippen LogP contribution is 2.37. The molecule has 0 aromatic heterocycles. The molecule has 1 aliphatic heterocycles. The van der Waals surface area contributed by atoms with Gasteiger partial charge in [0.2, 0.25) is 5.91 Å². The summed E-state index contributed by atoms with van der Waals surface area (Å²) in [5.41, 5.74) is 7.75. The first-order valence-electron chi connectivity index (χ1n) is 5.80. The Bertz CT molecular complexity index is 467. The molecule has 0 spiro atoms. The van der Waals surface area contributed by atoms with Gasteiger partial charge in [-0.25, -0.2) is 0 Å². The smallest absolute Gasteiger partial charge is 0.233 e. The lowest BCUT2D eigenvalue weighted by Crippen LogP contribution is -2.33. The van der Waals surface area contributed by atoms with Crippen LogP contribution in [0, 0.1) is 5.41 Å². The van der Waals surface area contributed by atoms with E-state index in [9.17, 15) is 4.79 Å². The fourth-order valence-corrected chi connectivity index (χ4v) is 1.78. The van der Waals surface area contributed by atoms with Gasteiger partial charge in [0.1, 0.15) is 6.61 Å². The molecule has 0 saturated carbocycles. The number of hydrogen-bond acceptors (Lipinski definition) is 3. The van der Waals surface area contributed by atoms with Crippen molar-refractivity contribution in [3.63, 3.8) is 0 Å². The van der Waals surface area contributed by atoms with Crippen LogP contribution in [-0.4, -0.2) is 12.5 Å². The molecule has 0 radical (unpaired) electrons. The molecule has 1 aliphatic rings. The first-order chi connectivity index (χ1) is 7.94. The molecule has 0 fully saturated rings. The van der Waals surface area contributed by atoms with Crippen LogP contribution < -0.4 is 15.8 Å². The monoisotopic (exact) mass is 234 g/mol. The average molecular weight is 234 g/mol. The standard InChI is InChI=1S/C13H18N2O2/c1-4-8-5-9(14)11-10(6-8)15-12(16)13(2,3)7-17-11/h5-6H,4,7,14H2,1-3H3,(H,15,16). The van der Waals surface area contributed by atoms with E-state index in [0.717, 1.165) is 12.0 Å². The Morgan fingerprint density at radius 2 is 2.18 bits per heavy atom. The van der Waals surface area contributed by atoms with E-state index in [1.165, 1.54) is 0 Å². The maximum atomic E-state index is 12.0. The highest BCUT2D eigenvalue weighted by atomic mass is 16.5. The highest BCUT2D eigenvalue weighted by Gasteiger charge is 2.33. The maximum absolute atomic E-state index is 12.0. The first kappa shape index (κ1) is 11.8. The fraction of sp³-hybridized carbons (Fsp3) is 0.462. The van der Waals surface area contributed by atoms with E-state index in [4.69, 9.17) is 10.5 Å². The SMILES string of the molecule is CCc1cc(N)c2c(c1)NC(=O)C(C)(C)CO2. The molecule has 4 nitrogen and oxygen atoms in total. The van der Waals surface area contributed by atoms with Crippen molar-refractivity contribution in [2.45, 2.75) is 27.2 Å². The third-order valence-electron chi connectivity index (χ3n) is 3.03. The molecule has 3 N–H and O–H groups in total.